The Morgan fingerprint density at radius 1 is 0.550 bits per heavy atom. The molecule has 0 amide bonds. The maximum atomic E-state index is 13.0. The maximum Gasteiger partial charge on any atom is 1.00 e. The number of nitrogens with one attached hydrogen (secondary N) is 2. The van der Waals surface area contributed by atoms with Crippen molar-refractivity contribution in [2.24, 2.45) is 10.2 Å². The summed E-state index contributed by atoms with van der Waals surface area (Å²) in [5.41, 5.74) is -1.71. The predicted molar refractivity (Wildman–Crippen MR) is 254 cm³/mol. The molecule has 0 saturated heterocycles. The molecule has 406 valence electrons. The molecule has 0 aliphatic carbocycles. The van der Waals surface area contributed by atoms with Crippen LogP contribution in [-0.2, 0) is 79.2 Å². The molecule has 6 rings (SSSR count). The third kappa shape index (κ3) is 21.8. The first-order chi connectivity index (χ1) is 34.1. The van der Waals surface area contributed by atoms with Crippen molar-refractivity contribution in [2.45, 2.75) is 38.8 Å². The Morgan fingerprint density at radius 3 is 1.54 bits per heavy atom. The maximum absolute atomic E-state index is 13.0. The quantitative estimate of drug-likeness (QED) is 0.0246. The van der Waals surface area contributed by atoms with Crippen molar-refractivity contribution in [1.29, 1.82) is 0 Å². The van der Waals surface area contributed by atoms with E-state index in [2.05, 4.69) is 44.2 Å². The van der Waals surface area contributed by atoms with Gasteiger partial charge in [-0.1, -0.05) is 19.6 Å². The summed E-state index contributed by atoms with van der Waals surface area (Å²) in [6, 6.07) is 15.1. The molecule has 42 heteroatoms. The summed E-state index contributed by atoms with van der Waals surface area (Å²) in [6.07, 6.45) is 0. The molecule has 0 atom stereocenters. The fourth-order valence-electron chi connectivity index (χ4n) is 6.39. The first kappa shape index (κ1) is 78.5. The van der Waals surface area contributed by atoms with Gasteiger partial charge < -0.3 is 43.4 Å². The van der Waals surface area contributed by atoms with E-state index in [1.165, 1.54) is 29.2 Å². The van der Waals surface area contributed by atoms with Crippen LogP contribution in [0, 0.1) is 0 Å². The molecule has 1 aromatic heterocycles. The van der Waals surface area contributed by atoms with Crippen LogP contribution in [-0.4, -0.2) is 133 Å². The Morgan fingerprint density at radius 2 is 1.05 bits per heavy atom. The summed E-state index contributed by atoms with van der Waals surface area (Å²) >= 11 is 0. The number of nitrogens with zero attached hydrogens (tertiary/aromatic N) is 6. The second-order valence-electron chi connectivity index (χ2n) is 14.6. The molecule has 3 N–H and O–H groups in total. The number of hydrogen-bond acceptors (Lipinski definition) is 30. The Hall–Kier alpha value is -1.46. The molecular weight excluding hydrogens is 1260 g/mol. The van der Waals surface area contributed by atoms with Crippen molar-refractivity contribution in [3.63, 3.8) is 0 Å². The molecule has 0 aliphatic heterocycles. The first-order valence-corrected chi connectivity index (χ1v) is 30.0. The van der Waals surface area contributed by atoms with Crippen LogP contribution in [0.5, 0.6) is 5.75 Å². The molecular formula is C38H35N8Na5O22S7. The minimum atomic E-state index is -5.56. The zero-order valence-corrected chi connectivity index (χ0v) is 57.5. The number of phenolic OH excluding ortho intramolecular Hbond substituents is 1. The van der Waals surface area contributed by atoms with Crippen LogP contribution in [0.4, 0.5) is 46.3 Å². The van der Waals surface area contributed by atoms with E-state index in [1.807, 2.05) is 0 Å². The SMILES string of the molecule is C.CCN(c1ccc(S(=O)(=O)CCOS(=O)(=O)[O-])cc1)c1nc(Nc2cccc(S(=O)(=O)CCOS(=O)(=O)[O-])c2)nc(Nc2ccc(S(=O)(=O)[O-])c(N=Nc3c(O)c(S(=O)(=O)[O-])cc4cc(S(=O)(=O)[O-])ccc34)c2)n1.[Na+].[Na+].[Na+].[Na+].[Na+]. The topological polar surface area (TPSA) is 484 Å². The molecule has 0 radical (unpaired) electrons. The van der Waals surface area contributed by atoms with Gasteiger partial charge in [-0.05, 0) is 91.2 Å². The third-order valence-corrected chi connectivity index (χ3v) is 16.5. The van der Waals surface area contributed by atoms with Crippen LogP contribution in [0.15, 0.2) is 126 Å². The molecule has 0 aliphatic rings. The number of benzene rings is 5. The van der Waals surface area contributed by atoms with Crippen LogP contribution >= 0.6 is 0 Å². The van der Waals surface area contributed by atoms with Crippen molar-refractivity contribution in [3.05, 3.63) is 91.0 Å². The molecule has 0 bridgehead atoms. The van der Waals surface area contributed by atoms with Crippen LogP contribution < -0.4 is 163 Å². The van der Waals surface area contributed by atoms with Gasteiger partial charge in [0.2, 0.25) is 38.6 Å². The van der Waals surface area contributed by atoms with Crippen molar-refractivity contribution in [1.82, 2.24) is 15.0 Å². The number of rotatable bonds is 22. The zero-order valence-electron chi connectivity index (χ0n) is 41.8. The number of aromatic nitrogens is 3. The van der Waals surface area contributed by atoms with Crippen LogP contribution in [0.3, 0.4) is 0 Å². The Labute approximate surface area is 570 Å². The standard InChI is InChI=1S/C37H36N8O22S7.CH4.5Na/c1-2-45(25-7-9-26(10-8-25)68(47,48)16-14-66-73(60,61)62)37-41-35(38-23-4-3-5-27(20-23)69(49,50)17-15-67-74(63,64)65)40-36(42-37)39-24-6-13-31(71(54,55)56)30(21-24)43-44-33-29-12-11-28(70(51,52)53)18-22(29)19-32(34(33)46)72(57,58)59;;;;;;/h3-13,18-21,46H,2,14-17H2,1H3,(H,51,52,53)(H,54,55,56)(H,57,58,59)(H,60,61,62)(H,63,64,65)(H2,38,39,40,41,42);1H4;;;;;/q;;5*+1/p-5. The largest absolute Gasteiger partial charge is 1.00 e. The molecule has 6 aromatic rings. The summed E-state index contributed by atoms with van der Waals surface area (Å²) < 4.78 is 234. The first-order valence-electron chi connectivity index (χ1n) is 19.8. The summed E-state index contributed by atoms with van der Waals surface area (Å²) in [6.45, 7) is -0.394. The number of phenols is 1. The Balaban J connectivity index is 0.0000104. The second-order valence-corrected chi connectivity index (χ2v) is 25.0. The molecule has 5 aromatic carbocycles. The fourth-order valence-corrected chi connectivity index (χ4v) is 11.1. The molecule has 0 fully saturated rings. The van der Waals surface area contributed by atoms with E-state index in [0.717, 1.165) is 54.6 Å². The number of fused-ring (bicyclic) bond motifs is 1. The minimum Gasteiger partial charge on any atom is -0.744 e. The normalized spacial score (nSPS) is 12.1. The van der Waals surface area contributed by atoms with Crippen molar-refractivity contribution in [3.8, 4) is 5.75 Å². The van der Waals surface area contributed by atoms with Gasteiger partial charge in [-0.25, -0.2) is 58.9 Å². The van der Waals surface area contributed by atoms with Gasteiger partial charge in [0.25, 0.3) is 0 Å². The van der Waals surface area contributed by atoms with Gasteiger partial charge in [-0.2, -0.15) is 15.0 Å². The predicted octanol–water partition coefficient (Wildman–Crippen LogP) is -12.3. The van der Waals surface area contributed by atoms with Crippen LogP contribution in [0.25, 0.3) is 10.8 Å². The molecule has 0 unspecified atom stereocenters. The number of anilines is 6. The van der Waals surface area contributed by atoms with Crippen molar-refractivity contribution >= 4 is 128 Å². The number of sulfone groups is 2. The molecule has 0 spiro atoms. The zero-order chi connectivity index (χ0) is 54.8. The number of azo groups is 1. The van der Waals surface area contributed by atoms with E-state index < -0.39 is 144 Å². The summed E-state index contributed by atoms with van der Waals surface area (Å²) in [7, 11) is -35.1. The van der Waals surface area contributed by atoms with E-state index in [9.17, 15) is 86.8 Å². The molecule has 30 nitrogen and oxygen atoms in total. The van der Waals surface area contributed by atoms with E-state index in [0.29, 0.717) is 12.1 Å². The van der Waals surface area contributed by atoms with Gasteiger partial charge in [0.15, 0.2) is 25.4 Å². The van der Waals surface area contributed by atoms with Gasteiger partial charge in [-0.15, -0.1) is 10.2 Å². The van der Waals surface area contributed by atoms with E-state index in [-0.39, 0.29) is 201 Å². The van der Waals surface area contributed by atoms with Crippen molar-refractivity contribution in [2.75, 3.05) is 46.8 Å². The minimum absolute atomic E-state index is 0. The third-order valence-electron chi connectivity index (χ3n) is 9.62. The molecule has 0 saturated carbocycles. The number of hydrogen-bond donors (Lipinski definition) is 3. The summed E-state index contributed by atoms with van der Waals surface area (Å²) in [4.78, 5) is 10.4. The van der Waals surface area contributed by atoms with Gasteiger partial charge in [0.05, 0.1) is 49.2 Å². The van der Waals surface area contributed by atoms with Crippen molar-refractivity contribution < 1.29 is 243 Å². The smallest absolute Gasteiger partial charge is 0.744 e. The molecule has 80 heavy (non-hydrogen) atoms. The average Bonchev–Trinajstić information content (AvgIpc) is 3.27. The van der Waals surface area contributed by atoms with Gasteiger partial charge in [-0.3, -0.25) is 8.37 Å². The van der Waals surface area contributed by atoms with E-state index in [4.69, 9.17) is 0 Å². The van der Waals surface area contributed by atoms with Gasteiger partial charge in [0.1, 0.15) is 41.7 Å². The fraction of sp³-hybridized carbons (Fsp3) is 0.184. The second kappa shape index (κ2) is 31.3. The van der Waals surface area contributed by atoms with E-state index in [1.54, 1.807) is 6.92 Å². The number of aromatic hydroxyl groups is 1. The van der Waals surface area contributed by atoms with Gasteiger partial charge in [0, 0.05) is 29.0 Å². The van der Waals surface area contributed by atoms with Crippen LogP contribution in [0.2, 0.25) is 0 Å². The van der Waals surface area contributed by atoms with Crippen LogP contribution in [0.1, 0.15) is 14.4 Å². The average molecular weight is 1300 g/mol. The monoisotopic (exact) mass is 1290 g/mol. The van der Waals surface area contributed by atoms with Gasteiger partial charge >= 0.3 is 148 Å². The summed E-state index contributed by atoms with van der Waals surface area (Å²) in [5, 5.41) is 23.0. The molecule has 1 heterocycles. The van der Waals surface area contributed by atoms with E-state index >= 15 is 0 Å². The summed E-state index contributed by atoms with van der Waals surface area (Å²) in [5.74, 6) is -4.24. The Kier molecular flexibility index (Phi) is 30.7. The Bertz CT molecular complexity index is 4070.